The maximum absolute atomic E-state index is 12.7. The topological polar surface area (TPSA) is 93.7 Å². The molecule has 8 heteroatoms. The molecule has 148 valence electrons. The number of ether oxygens (including phenoxy) is 2. The predicted molar refractivity (Wildman–Crippen MR) is 109 cm³/mol. The van der Waals surface area contributed by atoms with E-state index in [-0.39, 0.29) is 22.1 Å². The summed E-state index contributed by atoms with van der Waals surface area (Å²) in [5.74, 6) is 1.04. The predicted octanol–water partition coefficient (Wildman–Crippen LogP) is 4.16. The number of amides is 1. The minimum absolute atomic E-state index is 0.0804. The van der Waals surface area contributed by atoms with E-state index in [4.69, 9.17) is 9.47 Å². The zero-order valence-electron chi connectivity index (χ0n) is 15.7. The second kappa shape index (κ2) is 7.14. The lowest BCUT2D eigenvalue weighted by molar-refractivity contribution is 0.102. The van der Waals surface area contributed by atoms with Gasteiger partial charge in [0.05, 0.1) is 23.3 Å². The van der Waals surface area contributed by atoms with Crippen LogP contribution < -0.4 is 19.5 Å². The molecule has 0 bridgehead atoms. The van der Waals surface area contributed by atoms with Crippen LogP contribution in [0, 0.1) is 6.92 Å². The zero-order chi connectivity index (χ0) is 20.6. The van der Waals surface area contributed by atoms with Crippen molar-refractivity contribution in [1.82, 2.24) is 0 Å². The minimum Gasteiger partial charge on any atom is -0.497 e. The monoisotopic (exact) mass is 410 g/mol. The van der Waals surface area contributed by atoms with E-state index < -0.39 is 10.0 Å². The number of sulfonamides is 1. The third-order valence-electron chi connectivity index (χ3n) is 4.45. The molecule has 0 atom stereocenters. The maximum atomic E-state index is 12.7. The summed E-state index contributed by atoms with van der Waals surface area (Å²) >= 11 is 0. The Morgan fingerprint density at radius 1 is 0.966 bits per heavy atom. The average molecular weight is 410 g/mol. The SMILES string of the molecule is COc1ccc(S(=O)(=O)Nc2ccc3c(c2)C(=O)Nc2cc(C)ccc2O3)cc1. The first kappa shape index (κ1) is 18.8. The van der Waals surface area contributed by atoms with Gasteiger partial charge in [0.25, 0.3) is 15.9 Å². The molecule has 0 aliphatic carbocycles. The van der Waals surface area contributed by atoms with E-state index in [0.29, 0.717) is 22.9 Å². The van der Waals surface area contributed by atoms with Gasteiger partial charge in [0.15, 0.2) is 5.75 Å². The van der Waals surface area contributed by atoms with Crippen molar-refractivity contribution in [3.63, 3.8) is 0 Å². The van der Waals surface area contributed by atoms with E-state index in [1.54, 1.807) is 30.3 Å². The molecule has 1 amide bonds. The average Bonchev–Trinajstić information content (AvgIpc) is 2.83. The molecule has 1 aliphatic heterocycles. The highest BCUT2D eigenvalue weighted by Crippen LogP contribution is 2.37. The van der Waals surface area contributed by atoms with Crippen LogP contribution in [0.3, 0.4) is 0 Å². The molecule has 0 saturated carbocycles. The Balaban J connectivity index is 1.64. The van der Waals surface area contributed by atoms with Crippen LogP contribution in [-0.4, -0.2) is 21.4 Å². The molecule has 0 saturated heterocycles. The molecular formula is C21H18N2O5S. The first-order valence-electron chi connectivity index (χ1n) is 8.76. The van der Waals surface area contributed by atoms with Crippen LogP contribution in [0.15, 0.2) is 65.6 Å². The van der Waals surface area contributed by atoms with Crippen molar-refractivity contribution in [2.45, 2.75) is 11.8 Å². The number of rotatable bonds is 4. The molecular weight excluding hydrogens is 392 g/mol. The molecule has 0 unspecified atom stereocenters. The summed E-state index contributed by atoms with van der Waals surface area (Å²) in [6.07, 6.45) is 0. The molecule has 0 spiro atoms. The first-order valence-corrected chi connectivity index (χ1v) is 10.2. The molecule has 2 N–H and O–H groups in total. The van der Waals surface area contributed by atoms with E-state index >= 15 is 0 Å². The second-order valence-electron chi connectivity index (χ2n) is 6.55. The number of aryl methyl sites for hydroxylation is 1. The molecule has 0 aromatic heterocycles. The van der Waals surface area contributed by atoms with Crippen molar-refractivity contribution >= 4 is 27.3 Å². The number of carbonyl (C=O) groups is 1. The zero-order valence-corrected chi connectivity index (χ0v) is 16.5. The highest BCUT2D eigenvalue weighted by molar-refractivity contribution is 7.92. The van der Waals surface area contributed by atoms with Gasteiger partial charge in [-0.2, -0.15) is 0 Å². The molecule has 0 fully saturated rings. The number of carbonyl (C=O) groups excluding carboxylic acids is 1. The van der Waals surface area contributed by atoms with E-state index in [9.17, 15) is 13.2 Å². The van der Waals surface area contributed by atoms with Gasteiger partial charge < -0.3 is 14.8 Å². The number of hydrogen-bond donors (Lipinski definition) is 2. The second-order valence-corrected chi connectivity index (χ2v) is 8.23. The number of methoxy groups -OCH3 is 1. The van der Waals surface area contributed by atoms with E-state index in [1.165, 1.54) is 25.3 Å². The molecule has 0 radical (unpaired) electrons. The lowest BCUT2D eigenvalue weighted by Crippen LogP contribution is -2.14. The summed E-state index contributed by atoms with van der Waals surface area (Å²) in [7, 11) is -2.32. The Hall–Kier alpha value is -3.52. The first-order chi connectivity index (χ1) is 13.9. The summed E-state index contributed by atoms with van der Waals surface area (Å²) in [6.45, 7) is 1.91. The van der Waals surface area contributed by atoms with Crippen LogP contribution in [0.4, 0.5) is 11.4 Å². The standard InChI is InChI=1S/C21H18N2O5S/c1-13-3-9-20-18(11-13)22-21(24)17-12-14(4-10-19(17)28-20)23-29(25,26)16-7-5-15(27-2)6-8-16/h3-12,23H,1-2H3,(H,22,24). The van der Waals surface area contributed by atoms with Gasteiger partial charge in [-0.15, -0.1) is 0 Å². The van der Waals surface area contributed by atoms with Gasteiger partial charge in [0.1, 0.15) is 11.5 Å². The molecule has 1 heterocycles. The largest absolute Gasteiger partial charge is 0.497 e. The number of hydrogen-bond acceptors (Lipinski definition) is 5. The lowest BCUT2D eigenvalue weighted by Gasteiger charge is -2.11. The van der Waals surface area contributed by atoms with Gasteiger partial charge in [0, 0.05) is 5.69 Å². The number of anilines is 2. The van der Waals surface area contributed by atoms with Crippen molar-refractivity contribution in [1.29, 1.82) is 0 Å². The molecule has 29 heavy (non-hydrogen) atoms. The van der Waals surface area contributed by atoms with Gasteiger partial charge in [-0.25, -0.2) is 8.42 Å². The van der Waals surface area contributed by atoms with E-state index in [1.807, 2.05) is 19.1 Å². The van der Waals surface area contributed by atoms with Crippen molar-refractivity contribution in [3.8, 4) is 17.2 Å². The lowest BCUT2D eigenvalue weighted by atomic mass is 10.1. The Bertz CT molecular complexity index is 1200. The van der Waals surface area contributed by atoms with Crippen LogP contribution >= 0.6 is 0 Å². The fourth-order valence-corrected chi connectivity index (χ4v) is 4.02. The summed E-state index contributed by atoms with van der Waals surface area (Å²) in [6, 6.07) is 16.0. The van der Waals surface area contributed by atoms with Crippen LogP contribution in [0.2, 0.25) is 0 Å². The maximum Gasteiger partial charge on any atom is 0.261 e. The number of fused-ring (bicyclic) bond motifs is 2. The number of nitrogens with one attached hydrogen (secondary N) is 2. The summed E-state index contributed by atoms with van der Waals surface area (Å²) < 4.78 is 38.7. The third kappa shape index (κ3) is 3.74. The fourth-order valence-electron chi connectivity index (χ4n) is 2.97. The van der Waals surface area contributed by atoms with Gasteiger partial charge in [0.2, 0.25) is 0 Å². The van der Waals surface area contributed by atoms with Gasteiger partial charge >= 0.3 is 0 Å². The van der Waals surface area contributed by atoms with Gasteiger partial charge in [-0.3, -0.25) is 9.52 Å². The summed E-state index contributed by atoms with van der Waals surface area (Å²) in [5, 5.41) is 2.80. The van der Waals surface area contributed by atoms with Crippen LogP contribution in [-0.2, 0) is 10.0 Å². The van der Waals surface area contributed by atoms with Crippen molar-refractivity contribution in [2.75, 3.05) is 17.1 Å². The summed E-state index contributed by atoms with van der Waals surface area (Å²) in [4.78, 5) is 12.7. The molecule has 3 aromatic carbocycles. The number of benzene rings is 3. The Morgan fingerprint density at radius 2 is 1.69 bits per heavy atom. The molecule has 7 nitrogen and oxygen atoms in total. The smallest absolute Gasteiger partial charge is 0.261 e. The highest BCUT2D eigenvalue weighted by atomic mass is 32.2. The minimum atomic E-state index is -3.83. The normalized spacial score (nSPS) is 12.7. The van der Waals surface area contributed by atoms with Gasteiger partial charge in [-0.1, -0.05) is 6.07 Å². The van der Waals surface area contributed by atoms with Crippen LogP contribution in [0.1, 0.15) is 15.9 Å². The van der Waals surface area contributed by atoms with Crippen LogP contribution in [0.25, 0.3) is 0 Å². The van der Waals surface area contributed by atoms with Gasteiger partial charge in [-0.05, 0) is 67.1 Å². The molecule has 4 rings (SSSR count). The third-order valence-corrected chi connectivity index (χ3v) is 5.85. The van der Waals surface area contributed by atoms with E-state index in [0.717, 1.165) is 5.56 Å². The Kier molecular flexibility index (Phi) is 4.63. The molecule has 3 aromatic rings. The van der Waals surface area contributed by atoms with Crippen molar-refractivity contribution < 1.29 is 22.7 Å². The molecule has 1 aliphatic rings. The summed E-state index contributed by atoms with van der Waals surface area (Å²) in [5.41, 5.74) is 2.02. The highest BCUT2D eigenvalue weighted by Gasteiger charge is 2.22. The van der Waals surface area contributed by atoms with Crippen molar-refractivity contribution in [3.05, 3.63) is 71.8 Å². The van der Waals surface area contributed by atoms with Crippen LogP contribution in [0.5, 0.6) is 17.2 Å². The van der Waals surface area contributed by atoms with E-state index in [2.05, 4.69) is 10.0 Å². The van der Waals surface area contributed by atoms with Crippen molar-refractivity contribution in [2.24, 2.45) is 0 Å². The fraction of sp³-hybridized carbons (Fsp3) is 0.0952. The quantitative estimate of drug-likeness (QED) is 0.674. The Morgan fingerprint density at radius 3 is 2.41 bits per heavy atom. The Labute approximate surface area is 168 Å².